The molecular weight excluding hydrogens is 267 g/mol. The van der Waals surface area contributed by atoms with Gasteiger partial charge in [-0.2, -0.15) is 0 Å². The van der Waals surface area contributed by atoms with Gasteiger partial charge in [0, 0.05) is 0 Å². The van der Waals surface area contributed by atoms with Crippen LogP contribution in [0.4, 0.5) is 0 Å². The fraction of sp³-hybridized carbons (Fsp3) is 0.467. The summed E-state index contributed by atoms with van der Waals surface area (Å²) >= 11 is 0. The molecule has 110 valence electrons. The van der Waals surface area contributed by atoms with Gasteiger partial charge in [0.1, 0.15) is 5.59 Å². The molecule has 3 rings (SSSR count). The maximum Gasteiger partial charge on any atom is 0.520 e. The predicted octanol–water partition coefficient (Wildman–Crippen LogP) is 1.94. The van der Waals surface area contributed by atoms with Crippen LogP contribution in [0, 0.1) is 0 Å². The third-order valence-electron chi connectivity index (χ3n) is 4.23. The maximum atomic E-state index is 6.04. The highest BCUT2D eigenvalue weighted by molar-refractivity contribution is 6.62. The molecule has 0 atom stereocenters. The zero-order valence-corrected chi connectivity index (χ0v) is 13.0. The molecule has 0 aliphatic carbocycles. The molecule has 5 nitrogen and oxygen atoms in total. The van der Waals surface area contributed by atoms with Crippen molar-refractivity contribution < 1.29 is 14.0 Å². The minimum absolute atomic E-state index is 0.421. The summed E-state index contributed by atoms with van der Waals surface area (Å²) in [5.74, 6) is 0.437. The third-order valence-corrected chi connectivity index (χ3v) is 4.23. The summed E-state index contributed by atoms with van der Waals surface area (Å²) in [7, 11) is 0.995. The molecule has 0 N–H and O–H groups in total. The first kappa shape index (κ1) is 14.3. The Morgan fingerprint density at radius 1 is 0.952 bits per heavy atom. The van der Waals surface area contributed by atoms with Gasteiger partial charge >= 0.3 is 7.12 Å². The maximum absolute atomic E-state index is 6.04. The molecule has 1 aliphatic rings. The molecule has 0 spiro atoms. The molecule has 6 heteroatoms. The topological polar surface area (TPSA) is 53.5 Å². The average molecular weight is 286 g/mol. The number of hydrogen-bond acceptors (Lipinski definition) is 5. The smallest absolute Gasteiger partial charge is 0.480 e. The highest BCUT2D eigenvalue weighted by Gasteiger charge is 2.53. The number of fused-ring (bicyclic) bond motifs is 1. The Kier molecular flexibility index (Phi) is 3.18. The van der Waals surface area contributed by atoms with E-state index in [4.69, 9.17) is 14.0 Å². The van der Waals surface area contributed by atoms with E-state index in [2.05, 4.69) is 9.97 Å². The number of benzene rings is 1. The number of nitrogens with zero attached hydrogens (tertiary/aromatic N) is 2. The van der Waals surface area contributed by atoms with Crippen molar-refractivity contribution in [2.24, 2.45) is 0 Å². The van der Waals surface area contributed by atoms with Crippen molar-refractivity contribution in [2.45, 2.75) is 38.9 Å². The lowest BCUT2D eigenvalue weighted by Gasteiger charge is -2.32. The first-order valence-corrected chi connectivity index (χ1v) is 7.00. The molecule has 0 unspecified atom stereocenters. The van der Waals surface area contributed by atoms with Crippen LogP contribution in [0.25, 0.3) is 11.0 Å². The zero-order valence-electron chi connectivity index (χ0n) is 13.0. The lowest BCUT2D eigenvalue weighted by atomic mass is 9.84. The Bertz CT molecular complexity index is 672. The van der Waals surface area contributed by atoms with Crippen molar-refractivity contribution >= 4 is 23.7 Å². The van der Waals surface area contributed by atoms with Crippen molar-refractivity contribution in [1.82, 2.24) is 9.97 Å². The molecule has 21 heavy (non-hydrogen) atoms. The number of ether oxygens (including phenoxy) is 1. The number of hydrogen-bond donors (Lipinski definition) is 0. The molecule has 1 fully saturated rings. The fourth-order valence-corrected chi connectivity index (χ4v) is 2.26. The fourth-order valence-electron chi connectivity index (χ4n) is 2.26. The molecule has 0 radical (unpaired) electrons. The van der Waals surface area contributed by atoms with E-state index in [1.54, 1.807) is 7.11 Å². The molecule has 1 aromatic heterocycles. The van der Waals surface area contributed by atoms with Crippen molar-refractivity contribution in [3.8, 4) is 5.88 Å². The summed E-state index contributed by atoms with van der Waals surface area (Å²) in [6, 6.07) is 7.66. The Morgan fingerprint density at radius 3 is 2.00 bits per heavy atom. The first-order valence-electron chi connectivity index (χ1n) is 7.00. The SMILES string of the molecule is COc1nc2ccccc2nc1B1OC(C)(C)C(C)(C)O1. The summed E-state index contributed by atoms with van der Waals surface area (Å²) in [5.41, 5.74) is 1.32. The van der Waals surface area contributed by atoms with Gasteiger partial charge in [0.2, 0.25) is 5.88 Å². The van der Waals surface area contributed by atoms with E-state index in [-0.39, 0.29) is 0 Å². The summed E-state index contributed by atoms with van der Waals surface area (Å²) in [5, 5.41) is 0. The van der Waals surface area contributed by atoms with Gasteiger partial charge in [-0.1, -0.05) is 12.1 Å². The second-order valence-electron chi connectivity index (χ2n) is 6.20. The van der Waals surface area contributed by atoms with E-state index >= 15 is 0 Å². The summed E-state index contributed by atoms with van der Waals surface area (Å²) in [6.45, 7) is 8.03. The zero-order chi connectivity index (χ0) is 15.3. The third kappa shape index (κ3) is 2.28. The van der Waals surface area contributed by atoms with Gasteiger partial charge in [-0.15, -0.1) is 0 Å². The number of rotatable bonds is 2. The van der Waals surface area contributed by atoms with Crippen LogP contribution in [0.1, 0.15) is 27.7 Å². The average Bonchev–Trinajstić information content (AvgIpc) is 2.66. The molecule has 2 aromatic rings. The highest BCUT2D eigenvalue weighted by Crippen LogP contribution is 2.36. The number of methoxy groups -OCH3 is 1. The van der Waals surface area contributed by atoms with Crippen LogP contribution < -0.4 is 10.3 Å². The summed E-state index contributed by atoms with van der Waals surface area (Å²) in [6.07, 6.45) is 0. The van der Waals surface area contributed by atoms with Gasteiger partial charge in [0.15, 0.2) is 0 Å². The normalized spacial score (nSPS) is 20.0. The van der Waals surface area contributed by atoms with E-state index in [0.29, 0.717) is 11.5 Å². The van der Waals surface area contributed by atoms with Crippen LogP contribution in [0.15, 0.2) is 24.3 Å². The van der Waals surface area contributed by atoms with E-state index in [0.717, 1.165) is 11.0 Å². The van der Waals surface area contributed by atoms with Gasteiger partial charge in [-0.3, -0.25) is 0 Å². The minimum atomic E-state index is -0.581. The molecule has 1 saturated heterocycles. The summed E-state index contributed by atoms with van der Waals surface area (Å²) < 4.78 is 17.4. The van der Waals surface area contributed by atoms with Crippen molar-refractivity contribution in [2.75, 3.05) is 7.11 Å². The van der Waals surface area contributed by atoms with Gasteiger partial charge in [-0.05, 0) is 39.8 Å². The Morgan fingerprint density at radius 2 is 1.48 bits per heavy atom. The molecule has 1 aromatic carbocycles. The molecular formula is C15H19BN2O3. The summed E-state index contributed by atoms with van der Waals surface area (Å²) in [4.78, 5) is 9.11. The predicted molar refractivity (Wildman–Crippen MR) is 81.8 cm³/mol. The molecule has 1 aliphatic heterocycles. The highest BCUT2D eigenvalue weighted by atomic mass is 16.7. The minimum Gasteiger partial charge on any atom is -0.480 e. The quantitative estimate of drug-likeness (QED) is 0.790. The monoisotopic (exact) mass is 286 g/mol. The number of aromatic nitrogens is 2. The molecule has 2 heterocycles. The van der Waals surface area contributed by atoms with Crippen LogP contribution in [0.5, 0.6) is 5.88 Å². The van der Waals surface area contributed by atoms with Gasteiger partial charge < -0.3 is 14.0 Å². The Balaban J connectivity index is 2.08. The largest absolute Gasteiger partial charge is 0.520 e. The van der Waals surface area contributed by atoms with Crippen LogP contribution in [0.2, 0.25) is 0 Å². The van der Waals surface area contributed by atoms with Crippen LogP contribution in [-0.2, 0) is 9.31 Å². The molecule has 0 amide bonds. The standard InChI is InChI=1S/C15H19BN2O3/c1-14(2)15(3,4)21-16(20-14)12-13(19-5)18-11-9-7-6-8-10(11)17-12/h6-9H,1-5H3. The lowest BCUT2D eigenvalue weighted by molar-refractivity contribution is 0.00578. The van der Waals surface area contributed by atoms with Crippen molar-refractivity contribution in [3.05, 3.63) is 24.3 Å². The second-order valence-corrected chi connectivity index (χ2v) is 6.20. The van der Waals surface area contributed by atoms with Crippen molar-refractivity contribution in [3.63, 3.8) is 0 Å². The van der Waals surface area contributed by atoms with Crippen LogP contribution in [-0.4, -0.2) is 35.4 Å². The second kappa shape index (κ2) is 4.68. The van der Waals surface area contributed by atoms with Gasteiger partial charge in [0.25, 0.3) is 0 Å². The first-order chi connectivity index (χ1) is 9.84. The molecule has 0 saturated carbocycles. The van der Waals surface area contributed by atoms with E-state index in [9.17, 15) is 0 Å². The van der Waals surface area contributed by atoms with E-state index in [1.807, 2.05) is 52.0 Å². The van der Waals surface area contributed by atoms with E-state index < -0.39 is 18.3 Å². The van der Waals surface area contributed by atoms with Crippen LogP contribution >= 0.6 is 0 Å². The van der Waals surface area contributed by atoms with Crippen LogP contribution in [0.3, 0.4) is 0 Å². The van der Waals surface area contributed by atoms with E-state index in [1.165, 1.54) is 0 Å². The number of para-hydroxylation sites is 2. The van der Waals surface area contributed by atoms with Crippen molar-refractivity contribution in [1.29, 1.82) is 0 Å². The molecule has 0 bridgehead atoms. The lowest BCUT2D eigenvalue weighted by Crippen LogP contribution is -2.41. The van der Waals surface area contributed by atoms with Gasteiger partial charge in [-0.25, -0.2) is 9.97 Å². The van der Waals surface area contributed by atoms with Gasteiger partial charge in [0.05, 0.1) is 29.3 Å². The Labute approximate surface area is 124 Å². The Hall–Kier alpha value is -1.66.